The van der Waals surface area contributed by atoms with Crippen LogP contribution in [0.1, 0.15) is 12.8 Å². The quantitative estimate of drug-likeness (QED) is 0.246. The van der Waals surface area contributed by atoms with Gasteiger partial charge in [0.2, 0.25) is 0 Å². The van der Waals surface area contributed by atoms with E-state index < -0.39 is 31.7 Å². The van der Waals surface area contributed by atoms with Gasteiger partial charge in [0.15, 0.2) is 11.5 Å². The van der Waals surface area contributed by atoms with Crippen LogP contribution in [0.25, 0.3) is 0 Å². The molecule has 0 atom stereocenters. The summed E-state index contributed by atoms with van der Waals surface area (Å²) in [4.78, 5) is 0. The Hall–Kier alpha value is -1.76. The van der Waals surface area contributed by atoms with Crippen molar-refractivity contribution in [1.29, 1.82) is 0 Å². The Bertz CT molecular complexity index is 762. The molecule has 0 amide bonds. The van der Waals surface area contributed by atoms with Gasteiger partial charge in [-0.1, -0.05) is 0 Å². The molecule has 0 fully saturated rings. The van der Waals surface area contributed by atoms with Gasteiger partial charge in [-0.15, -0.1) is 0 Å². The number of benzene rings is 1. The molecule has 1 rings (SSSR count). The molecule has 0 aliphatic rings. The van der Waals surface area contributed by atoms with Crippen LogP contribution in [0.2, 0.25) is 0 Å². The van der Waals surface area contributed by atoms with E-state index in [4.69, 9.17) is 30.0 Å². The Kier molecular flexibility index (Phi) is 7.08. The van der Waals surface area contributed by atoms with Crippen molar-refractivity contribution in [2.24, 2.45) is 0 Å². The Morgan fingerprint density at radius 2 is 1.38 bits per heavy atom. The third-order valence-electron chi connectivity index (χ3n) is 2.70. The number of hydrogen-bond acceptors (Lipinski definition) is 8. The predicted octanol–water partition coefficient (Wildman–Crippen LogP) is 0.164. The molecule has 24 heavy (non-hydrogen) atoms. The Balaban J connectivity index is 2.69. The number of nitrogens with two attached hydrogens (primary N) is 2. The van der Waals surface area contributed by atoms with E-state index in [2.05, 4.69) is 0 Å². The van der Waals surface area contributed by atoms with Gasteiger partial charge in [-0.2, -0.15) is 16.8 Å². The molecule has 0 unspecified atom stereocenters. The van der Waals surface area contributed by atoms with Gasteiger partial charge in [-0.25, -0.2) is 0 Å². The van der Waals surface area contributed by atoms with Gasteiger partial charge >= 0.3 is 0 Å². The first-order chi connectivity index (χ1) is 11.0. The molecule has 0 saturated heterocycles. The normalized spacial score (nSPS) is 12.1. The van der Waals surface area contributed by atoms with Crippen LogP contribution >= 0.6 is 0 Å². The monoisotopic (exact) mass is 384 g/mol. The fourth-order valence-corrected chi connectivity index (χ4v) is 2.71. The largest absolute Gasteiger partial charge is 0.489 e. The van der Waals surface area contributed by atoms with Gasteiger partial charge in [-0.3, -0.25) is 9.11 Å². The Morgan fingerprint density at radius 1 is 0.875 bits per heavy atom. The number of rotatable bonds is 10. The smallest absolute Gasteiger partial charge is 0.264 e. The van der Waals surface area contributed by atoms with Crippen molar-refractivity contribution < 1.29 is 35.4 Å². The first-order valence-electron chi connectivity index (χ1n) is 6.83. The molecule has 0 bridgehead atoms. The molecule has 12 heteroatoms. The lowest BCUT2D eigenvalue weighted by Gasteiger charge is -2.15. The molecule has 0 aliphatic carbocycles. The molecule has 10 nitrogen and oxygen atoms in total. The highest BCUT2D eigenvalue weighted by Crippen LogP contribution is 2.36. The summed E-state index contributed by atoms with van der Waals surface area (Å²) in [5.74, 6) is -0.636. The summed E-state index contributed by atoms with van der Waals surface area (Å²) < 4.78 is 70.6. The van der Waals surface area contributed by atoms with Crippen LogP contribution in [0.5, 0.6) is 11.5 Å². The molecule has 1 aromatic rings. The minimum Gasteiger partial charge on any atom is -0.489 e. The predicted molar refractivity (Wildman–Crippen MR) is 88.3 cm³/mol. The lowest BCUT2D eigenvalue weighted by molar-refractivity contribution is 0.269. The molecule has 0 heterocycles. The lowest BCUT2D eigenvalue weighted by Crippen LogP contribution is -2.11. The van der Waals surface area contributed by atoms with Crippen molar-refractivity contribution in [3.05, 3.63) is 12.1 Å². The maximum Gasteiger partial charge on any atom is 0.264 e. The van der Waals surface area contributed by atoms with E-state index in [0.717, 1.165) is 0 Å². The molecule has 0 spiro atoms. The highest BCUT2D eigenvalue weighted by atomic mass is 32.2. The zero-order valence-electron chi connectivity index (χ0n) is 12.7. The second-order valence-corrected chi connectivity index (χ2v) is 8.06. The second kappa shape index (κ2) is 8.37. The highest BCUT2D eigenvalue weighted by Gasteiger charge is 2.13. The van der Waals surface area contributed by atoms with Gasteiger partial charge < -0.3 is 20.9 Å². The minimum atomic E-state index is -4.08. The maximum absolute atomic E-state index is 10.6. The van der Waals surface area contributed by atoms with Crippen molar-refractivity contribution in [1.82, 2.24) is 0 Å². The van der Waals surface area contributed by atoms with Crippen LogP contribution in [0.4, 0.5) is 11.4 Å². The molecule has 0 radical (unpaired) electrons. The van der Waals surface area contributed by atoms with Crippen LogP contribution in [0.3, 0.4) is 0 Å². The Labute approximate surface area is 140 Å². The van der Waals surface area contributed by atoms with Crippen molar-refractivity contribution >= 4 is 31.6 Å². The lowest BCUT2D eigenvalue weighted by atomic mass is 10.2. The van der Waals surface area contributed by atoms with Crippen molar-refractivity contribution in [3.8, 4) is 11.5 Å². The van der Waals surface area contributed by atoms with Crippen LogP contribution in [-0.4, -0.2) is 50.7 Å². The summed E-state index contributed by atoms with van der Waals surface area (Å²) in [6.07, 6.45) is 0.0700. The summed E-state index contributed by atoms with van der Waals surface area (Å²) in [5.41, 5.74) is 11.9. The van der Waals surface area contributed by atoms with Gasteiger partial charge in [0.1, 0.15) is 0 Å². The first kappa shape index (κ1) is 20.3. The Morgan fingerprint density at radius 3 is 1.88 bits per heavy atom. The van der Waals surface area contributed by atoms with Crippen molar-refractivity contribution in [3.63, 3.8) is 0 Å². The van der Waals surface area contributed by atoms with Gasteiger partial charge in [0.05, 0.1) is 30.4 Å². The van der Waals surface area contributed by atoms with E-state index in [9.17, 15) is 16.8 Å². The summed E-state index contributed by atoms with van der Waals surface area (Å²) in [6, 6.07) is 2.84. The second-order valence-electron chi connectivity index (χ2n) is 4.91. The third-order valence-corrected chi connectivity index (χ3v) is 4.31. The minimum absolute atomic E-state index is 0.0326. The van der Waals surface area contributed by atoms with E-state index in [1.54, 1.807) is 0 Å². The SMILES string of the molecule is Nc1cc(N)c(OCCCS(=O)(=O)O)c(OCCCS(=O)(=O)O)c1. The maximum atomic E-state index is 10.6. The molecule has 0 aromatic heterocycles. The summed E-state index contributed by atoms with van der Waals surface area (Å²) in [7, 11) is -8.16. The summed E-state index contributed by atoms with van der Waals surface area (Å²) in [5, 5.41) is 0. The molecule has 6 N–H and O–H groups in total. The molecule has 0 aliphatic heterocycles. The zero-order chi connectivity index (χ0) is 18.4. The first-order valence-corrected chi connectivity index (χ1v) is 10.0. The third kappa shape index (κ3) is 8.19. The average molecular weight is 384 g/mol. The molecular formula is C12H20N2O8S2. The summed E-state index contributed by atoms with van der Waals surface area (Å²) >= 11 is 0. The van der Waals surface area contributed by atoms with Crippen LogP contribution in [0.15, 0.2) is 12.1 Å². The van der Waals surface area contributed by atoms with Crippen molar-refractivity contribution in [2.45, 2.75) is 12.8 Å². The number of ether oxygens (including phenoxy) is 2. The van der Waals surface area contributed by atoms with Gasteiger partial charge in [0, 0.05) is 11.8 Å². The van der Waals surface area contributed by atoms with Crippen LogP contribution in [0, 0.1) is 0 Å². The van der Waals surface area contributed by atoms with E-state index >= 15 is 0 Å². The number of hydrogen-bond donors (Lipinski definition) is 4. The number of anilines is 2. The van der Waals surface area contributed by atoms with Crippen LogP contribution < -0.4 is 20.9 Å². The molecule has 1 aromatic carbocycles. The van der Waals surface area contributed by atoms with E-state index in [-0.39, 0.29) is 43.2 Å². The average Bonchev–Trinajstić information content (AvgIpc) is 2.39. The fourth-order valence-electron chi connectivity index (χ4n) is 1.75. The van der Waals surface area contributed by atoms with Crippen LogP contribution in [-0.2, 0) is 20.2 Å². The molecule has 138 valence electrons. The van der Waals surface area contributed by atoms with E-state index in [0.29, 0.717) is 5.69 Å². The van der Waals surface area contributed by atoms with Gasteiger partial charge in [-0.05, 0) is 18.9 Å². The fraction of sp³-hybridized carbons (Fsp3) is 0.500. The van der Waals surface area contributed by atoms with Crippen molar-refractivity contribution in [2.75, 3.05) is 36.2 Å². The summed E-state index contributed by atoms with van der Waals surface area (Å²) in [6.45, 7) is -0.0840. The highest BCUT2D eigenvalue weighted by molar-refractivity contribution is 7.86. The molecule has 0 saturated carbocycles. The topological polar surface area (TPSA) is 179 Å². The van der Waals surface area contributed by atoms with E-state index in [1.165, 1.54) is 12.1 Å². The zero-order valence-corrected chi connectivity index (χ0v) is 14.3. The van der Waals surface area contributed by atoms with Gasteiger partial charge in [0.25, 0.3) is 20.2 Å². The van der Waals surface area contributed by atoms with E-state index in [1.807, 2.05) is 0 Å². The number of nitrogen functional groups attached to an aromatic ring is 2. The molecular weight excluding hydrogens is 364 g/mol. The standard InChI is InChI=1S/C12H20N2O8S2/c13-9-7-10(14)12(22-4-2-6-24(18,19)20)11(8-9)21-3-1-5-23(15,16)17/h7-8H,1-6,13-14H2,(H,15,16,17)(H,18,19,20).